The van der Waals surface area contributed by atoms with Crippen LogP contribution >= 0.6 is 15.9 Å². The van der Waals surface area contributed by atoms with E-state index < -0.39 is 46.6 Å². The van der Waals surface area contributed by atoms with Crippen LogP contribution in [-0.2, 0) is 20.9 Å². The number of benzene rings is 1. The third-order valence-electron chi connectivity index (χ3n) is 3.82. The number of carbonyl (C=O) groups is 3. The summed E-state index contributed by atoms with van der Waals surface area (Å²) in [5.41, 5.74) is 4.08. The minimum absolute atomic E-state index is 0.103. The van der Waals surface area contributed by atoms with Crippen molar-refractivity contribution < 1.29 is 27.9 Å². The van der Waals surface area contributed by atoms with Gasteiger partial charge in [-0.15, -0.1) is 0 Å². The van der Waals surface area contributed by atoms with Crippen LogP contribution in [0.5, 0.6) is 0 Å². The van der Waals surface area contributed by atoms with E-state index in [1.807, 2.05) is 0 Å². The first-order chi connectivity index (χ1) is 11.9. The molecule has 1 aromatic carbocycles. The predicted octanol–water partition coefficient (Wildman–Crippen LogP) is 2.66. The number of halogens is 3. The van der Waals surface area contributed by atoms with E-state index in [1.54, 1.807) is 20.8 Å². The van der Waals surface area contributed by atoms with Crippen LogP contribution in [0, 0.1) is 11.6 Å². The zero-order valence-corrected chi connectivity index (χ0v) is 16.2. The van der Waals surface area contributed by atoms with E-state index >= 15 is 0 Å². The van der Waals surface area contributed by atoms with Crippen molar-refractivity contribution in [1.29, 1.82) is 0 Å². The number of hydrogen-bond acceptors (Lipinski definition) is 4. The van der Waals surface area contributed by atoms with Crippen LogP contribution in [-0.4, -0.2) is 34.3 Å². The average Bonchev–Trinajstić information content (AvgIpc) is 2.81. The molecule has 2 N–H and O–H groups in total. The molecule has 1 heterocycles. The minimum atomic E-state index is -1.18. The molecule has 9 heteroatoms. The van der Waals surface area contributed by atoms with Gasteiger partial charge in [0.2, 0.25) is 5.91 Å². The molecule has 0 radical (unpaired) electrons. The van der Waals surface area contributed by atoms with Crippen molar-refractivity contribution in [3.8, 4) is 0 Å². The van der Waals surface area contributed by atoms with Gasteiger partial charge in [0.25, 0.3) is 5.91 Å². The first-order valence-electron chi connectivity index (χ1n) is 7.91. The standard InChI is InChI=1S/C17H19BrF2N2O4/c1-17(2,3)26-12(23)5-4-11(15(21)24)22-7-8-13(16(22)25)10(19)6-9(18)14(8)20/h6,11H,4-5,7H2,1-3H3,(H2,21,24). The van der Waals surface area contributed by atoms with Gasteiger partial charge in [-0.3, -0.25) is 14.4 Å². The van der Waals surface area contributed by atoms with Crippen molar-refractivity contribution in [2.45, 2.75) is 51.8 Å². The van der Waals surface area contributed by atoms with Crippen LogP contribution in [0.15, 0.2) is 10.5 Å². The Bertz CT molecular complexity index is 777. The van der Waals surface area contributed by atoms with Crippen LogP contribution in [0.4, 0.5) is 8.78 Å². The van der Waals surface area contributed by atoms with Crippen molar-refractivity contribution >= 4 is 33.7 Å². The van der Waals surface area contributed by atoms with Gasteiger partial charge in [-0.05, 0) is 49.2 Å². The summed E-state index contributed by atoms with van der Waals surface area (Å²) in [6, 6.07) is -0.324. The molecule has 0 fully saturated rings. The maximum Gasteiger partial charge on any atom is 0.306 e. The number of fused-ring (bicyclic) bond motifs is 1. The van der Waals surface area contributed by atoms with Gasteiger partial charge in [-0.2, -0.15) is 0 Å². The molecular weight excluding hydrogens is 414 g/mol. The fourth-order valence-electron chi connectivity index (χ4n) is 2.76. The summed E-state index contributed by atoms with van der Waals surface area (Å²) < 4.78 is 33.3. The summed E-state index contributed by atoms with van der Waals surface area (Å²) in [6.45, 7) is 4.78. The highest BCUT2D eigenvalue weighted by atomic mass is 79.9. The van der Waals surface area contributed by atoms with E-state index in [0.29, 0.717) is 0 Å². The van der Waals surface area contributed by atoms with Crippen LogP contribution in [0.1, 0.15) is 49.5 Å². The monoisotopic (exact) mass is 432 g/mol. The molecule has 142 valence electrons. The van der Waals surface area contributed by atoms with E-state index in [4.69, 9.17) is 10.5 Å². The summed E-state index contributed by atoms with van der Waals surface area (Å²) in [5, 5.41) is 0. The second-order valence-corrected chi connectivity index (χ2v) is 7.84. The largest absolute Gasteiger partial charge is 0.460 e. The molecule has 0 spiro atoms. The zero-order chi connectivity index (χ0) is 19.8. The van der Waals surface area contributed by atoms with E-state index in [0.717, 1.165) is 11.0 Å². The summed E-state index contributed by atoms with van der Waals surface area (Å²) >= 11 is 2.89. The molecule has 1 aromatic rings. The first-order valence-corrected chi connectivity index (χ1v) is 8.70. The molecule has 1 atom stereocenters. The van der Waals surface area contributed by atoms with Crippen LogP contribution in [0.3, 0.4) is 0 Å². The van der Waals surface area contributed by atoms with E-state index in [-0.39, 0.29) is 29.4 Å². The molecule has 0 saturated carbocycles. The summed E-state index contributed by atoms with van der Waals surface area (Å²) in [7, 11) is 0. The lowest BCUT2D eigenvalue weighted by Gasteiger charge is -2.25. The third kappa shape index (κ3) is 4.20. The molecule has 0 aliphatic carbocycles. The van der Waals surface area contributed by atoms with Gasteiger partial charge in [0, 0.05) is 12.0 Å². The molecule has 2 amide bonds. The maximum atomic E-state index is 14.2. The Balaban J connectivity index is 2.21. The lowest BCUT2D eigenvalue weighted by molar-refractivity contribution is -0.155. The second-order valence-electron chi connectivity index (χ2n) is 6.98. The fraction of sp³-hybridized carbons (Fsp3) is 0.471. The average molecular weight is 433 g/mol. The van der Waals surface area contributed by atoms with E-state index in [9.17, 15) is 23.2 Å². The van der Waals surface area contributed by atoms with Gasteiger partial charge in [0.1, 0.15) is 23.3 Å². The smallest absolute Gasteiger partial charge is 0.306 e. The molecule has 1 aliphatic rings. The molecule has 1 aliphatic heterocycles. The lowest BCUT2D eigenvalue weighted by atomic mass is 10.1. The van der Waals surface area contributed by atoms with Gasteiger partial charge < -0.3 is 15.4 Å². The normalized spacial score (nSPS) is 15.0. The Morgan fingerprint density at radius 3 is 2.54 bits per heavy atom. The molecule has 26 heavy (non-hydrogen) atoms. The molecule has 1 unspecified atom stereocenters. The van der Waals surface area contributed by atoms with E-state index in [2.05, 4.69) is 15.9 Å². The van der Waals surface area contributed by atoms with Crippen molar-refractivity contribution in [3.05, 3.63) is 33.3 Å². The number of ether oxygens (including phenoxy) is 1. The minimum Gasteiger partial charge on any atom is -0.460 e. The molecule has 0 bridgehead atoms. The van der Waals surface area contributed by atoms with Crippen molar-refractivity contribution in [1.82, 2.24) is 4.90 Å². The van der Waals surface area contributed by atoms with E-state index in [1.165, 1.54) is 0 Å². The van der Waals surface area contributed by atoms with Crippen molar-refractivity contribution in [3.63, 3.8) is 0 Å². The Hall–Kier alpha value is -2.03. The highest BCUT2D eigenvalue weighted by Crippen LogP contribution is 2.33. The van der Waals surface area contributed by atoms with Crippen molar-refractivity contribution in [2.24, 2.45) is 5.73 Å². The molecule has 2 rings (SSSR count). The number of primary amides is 1. The Morgan fingerprint density at radius 1 is 1.38 bits per heavy atom. The molecule has 0 aromatic heterocycles. The van der Waals surface area contributed by atoms with Gasteiger partial charge in [0.05, 0.1) is 16.6 Å². The summed E-state index contributed by atoms with van der Waals surface area (Å²) in [5.74, 6) is -3.93. The summed E-state index contributed by atoms with van der Waals surface area (Å²) in [6.07, 6.45) is -0.270. The highest BCUT2D eigenvalue weighted by molar-refractivity contribution is 9.10. The quantitative estimate of drug-likeness (QED) is 0.571. The van der Waals surface area contributed by atoms with Crippen LogP contribution in [0.2, 0.25) is 0 Å². The number of esters is 1. The number of rotatable bonds is 5. The Labute approximate surface area is 157 Å². The second kappa shape index (κ2) is 7.30. The lowest BCUT2D eigenvalue weighted by Crippen LogP contribution is -2.45. The predicted molar refractivity (Wildman–Crippen MR) is 92.0 cm³/mol. The number of amides is 2. The zero-order valence-electron chi connectivity index (χ0n) is 14.6. The maximum absolute atomic E-state index is 14.2. The molecule has 0 saturated heterocycles. The molecule has 6 nitrogen and oxygen atoms in total. The van der Waals surface area contributed by atoms with Gasteiger partial charge >= 0.3 is 5.97 Å². The number of carbonyl (C=O) groups excluding carboxylic acids is 3. The topological polar surface area (TPSA) is 89.7 Å². The highest BCUT2D eigenvalue weighted by Gasteiger charge is 2.40. The van der Waals surface area contributed by atoms with Crippen LogP contribution < -0.4 is 5.73 Å². The molecular formula is C17H19BrF2N2O4. The number of hydrogen-bond donors (Lipinski definition) is 1. The van der Waals surface area contributed by atoms with Gasteiger partial charge in [-0.1, -0.05) is 0 Å². The fourth-order valence-corrected chi connectivity index (χ4v) is 3.20. The SMILES string of the molecule is CC(C)(C)OC(=O)CCC(C(N)=O)N1Cc2c(F)c(Br)cc(F)c2C1=O. The van der Waals surface area contributed by atoms with Crippen LogP contribution in [0.25, 0.3) is 0 Å². The summed E-state index contributed by atoms with van der Waals surface area (Å²) in [4.78, 5) is 37.1. The van der Waals surface area contributed by atoms with Gasteiger partial charge in [-0.25, -0.2) is 8.78 Å². The Morgan fingerprint density at radius 2 is 2.00 bits per heavy atom. The van der Waals surface area contributed by atoms with Gasteiger partial charge in [0.15, 0.2) is 0 Å². The van der Waals surface area contributed by atoms with Crippen molar-refractivity contribution in [2.75, 3.05) is 0 Å². The number of nitrogens with zero attached hydrogens (tertiary/aromatic N) is 1. The number of nitrogens with two attached hydrogens (primary N) is 1. The Kier molecular flexibility index (Phi) is 5.70. The first kappa shape index (κ1) is 20.3. The third-order valence-corrected chi connectivity index (χ3v) is 4.40.